The van der Waals surface area contributed by atoms with Gasteiger partial charge < -0.3 is 10.4 Å². The first kappa shape index (κ1) is 7.94. The minimum absolute atomic E-state index is 0.0972. The summed E-state index contributed by atoms with van der Waals surface area (Å²) in [7, 11) is 0. The van der Waals surface area contributed by atoms with Crippen LogP contribution in [0.15, 0.2) is 30.6 Å². The van der Waals surface area contributed by atoms with E-state index in [9.17, 15) is 0 Å². The molecule has 0 aromatic carbocycles. The molecule has 0 fully saturated rings. The Morgan fingerprint density at radius 2 is 2.23 bits per heavy atom. The molecule has 0 radical (unpaired) electrons. The molecule has 4 nitrogen and oxygen atoms in total. The monoisotopic (exact) mass is 175 g/mol. The molecule has 2 heterocycles. The summed E-state index contributed by atoms with van der Waals surface area (Å²) >= 11 is 0. The summed E-state index contributed by atoms with van der Waals surface area (Å²) in [6, 6.07) is 5.58. The van der Waals surface area contributed by atoms with Crippen molar-refractivity contribution in [1.82, 2.24) is 9.97 Å². The van der Waals surface area contributed by atoms with E-state index >= 15 is 0 Å². The topological polar surface area (TPSA) is 58.0 Å². The molecule has 0 aliphatic rings. The molecule has 66 valence electrons. The van der Waals surface area contributed by atoms with Gasteiger partial charge in [0.2, 0.25) is 0 Å². The van der Waals surface area contributed by atoms with Crippen LogP contribution in [0.2, 0.25) is 0 Å². The third-order valence-electron chi connectivity index (χ3n) is 1.73. The van der Waals surface area contributed by atoms with E-state index in [-0.39, 0.29) is 6.73 Å². The summed E-state index contributed by atoms with van der Waals surface area (Å²) in [5.41, 5.74) is 2.45. The van der Waals surface area contributed by atoms with E-state index in [1.807, 2.05) is 18.2 Å². The van der Waals surface area contributed by atoms with Gasteiger partial charge in [-0.3, -0.25) is 9.97 Å². The smallest absolute Gasteiger partial charge is 0.113 e. The summed E-state index contributed by atoms with van der Waals surface area (Å²) in [6.07, 6.45) is 3.38. The standard InChI is InChI=1S/C9H9N3O/c13-6-12-7-4-9-8(11-5-7)2-1-3-10-9/h1-5,12-13H,6H2. The van der Waals surface area contributed by atoms with E-state index in [1.54, 1.807) is 12.4 Å². The predicted molar refractivity (Wildman–Crippen MR) is 50.2 cm³/mol. The zero-order valence-corrected chi connectivity index (χ0v) is 6.94. The Hall–Kier alpha value is -1.68. The maximum atomic E-state index is 8.63. The second-order valence-corrected chi connectivity index (χ2v) is 2.60. The lowest BCUT2D eigenvalue weighted by molar-refractivity contribution is 0.325. The van der Waals surface area contributed by atoms with Crippen LogP contribution in [0.5, 0.6) is 0 Å². The zero-order chi connectivity index (χ0) is 9.10. The van der Waals surface area contributed by atoms with Gasteiger partial charge in [0, 0.05) is 6.20 Å². The molecule has 0 atom stereocenters. The Balaban J connectivity index is 2.49. The summed E-state index contributed by atoms with van der Waals surface area (Å²) in [4.78, 5) is 8.30. The number of aliphatic hydroxyl groups excluding tert-OH is 1. The van der Waals surface area contributed by atoms with Crippen LogP contribution in [0.25, 0.3) is 11.0 Å². The van der Waals surface area contributed by atoms with Crippen LogP contribution in [0.4, 0.5) is 5.69 Å². The number of hydrogen-bond acceptors (Lipinski definition) is 4. The molecule has 2 N–H and O–H groups in total. The summed E-state index contributed by atoms with van der Waals surface area (Å²) in [5.74, 6) is 0. The first-order chi connectivity index (χ1) is 6.40. The lowest BCUT2D eigenvalue weighted by atomic mass is 10.3. The highest BCUT2D eigenvalue weighted by atomic mass is 16.3. The van der Waals surface area contributed by atoms with Crippen molar-refractivity contribution in [3.05, 3.63) is 30.6 Å². The van der Waals surface area contributed by atoms with E-state index < -0.39 is 0 Å². The van der Waals surface area contributed by atoms with Crippen molar-refractivity contribution >= 4 is 16.7 Å². The number of aromatic nitrogens is 2. The SMILES string of the molecule is OCNc1cnc2cccnc2c1. The van der Waals surface area contributed by atoms with Gasteiger partial charge in [-0.15, -0.1) is 0 Å². The largest absolute Gasteiger partial charge is 0.377 e. The van der Waals surface area contributed by atoms with E-state index in [0.29, 0.717) is 0 Å². The predicted octanol–water partition coefficient (Wildman–Crippen LogP) is 0.991. The van der Waals surface area contributed by atoms with Crippen molar-refractivity contribution in [3.8, 4) is 0 Å². The average Bonchev–Trinajstić information content (AvgIpc) is 2.18. The second kappa shape index (κ2) is 3.37. The van der Waals surface area contributed by atoms with Gasteiger partial charge in [-0.25, -0.2) is 0 Å². The van der Waals surface area contributed by atoms with Crippen LogP contribution in [-0.4, -0.2) is 21.8 Å². The van der Waals surface area contributed by atoms with Crippen LogP contribution in [0.1, 0.15) is 0 Å². The Bertz CT molecular complexity index is 416. The van der Waals surface area contributed by atoms with Crippen molar-refractivity contribution in [3.63, 3.8) is 0 Å². The number of hydrogen-bond donors (Lipinski definition) is 2. The second-order valence-electron chi connectivity index (χ2n) is 2.60. The summed E-state index contributed by atoms with van der Waals surface area (Å²) in [5, 5.41) is 11.4. The molecular weight excluding hydrogens is 166 g/mol. The van der Waals surface area contributed by atoms with Gasteiger partial charge in [-0.1, -0.05) is 0 Å². The minimum Gasteiger partial charge on any atom is -0.377 e. The van der Waals surface area contributed by atoms with E-state index in [4.69, 9.17) is 5.11 Å². The number of nitrogens with zero attached hydrogens (tertiary/aromatic N) is 2. The first-order valence-electron chi connectivity index (χ1n) is 3.95. The molecule has 0 aliphatic carbocycles. The fourth-order valence-corrected chi connectivity index (χ4v) is 1.14. The summed E-state index contributed by atoms with van der Waals surface area (Å²) < 4.78 is 0. The van der Waals surface area contributed by atoms with Crippen LogP contribution in [-0.2, 0) is 0 Å². The lowest BCUT2D eigenvalue weighted by Crippen LogP contribution is -1.99. The Kier molecular flexibility index (Phi) is 2.06. The normalized spacial score (nSPS) is 10.2. The molecule has 0 unspecified atom stereocenters. The van der Waals surface area contributed by atoms with Gasteiger partial charge in [-0.2, -0.15) is 0 Å². The number of rotatable bonds is 2. The van der Waals surface area contributed by atoms with Gasteiger partial charge in [0.05, 0.1) is 22.9 Å². The number of nitrogens with one attached hydrogen (secondary N) is 1. The minimum atomic E-state index is -0.0972. The molecule has 0 aliphatic heterocycles. The van der Waals surface area contributed by atoms with Gasteiger partial charge in [0.15, 0.2) is 0 Å². The van der Waals surface area contributed by atoms with Gasteiger partial charge in [0.25, 0.3) is 0 Å². The van der Waals surface area contributed by atoms with Gasteiger partial charge >= 0.3 is 0 Å². The number of pyridine rings is 2. The van der Waals surface area contributed by atoms with Gasteiger partial charge in [-0.05, 0) is 18.2 Å². The van der Waals surface area contributed by atoms with E-state index in [1.165, 1.54) is 0 Å². The number of anilines is 1. The maximum Gasteiger partial charge on any atom is 0.113 e. The maximum absolute atomic E-state index is 8.63. The molecule has 0 bridgehead atoms. The Morgan fingerprint density at radius 3 is 3.08 bits per heavy atom. The van der Waals surface area contributed by atoms with Crippen LogP contribution >= 0.6 is 0 Å². The van der Waals surface area contributed by atoms with Gasteiger partial charge in [0.1, 0.15) is 6.73 Å². The molecule has 0 saturated heterocycles. The quantitative estimate of drug-likeness (QED) is 0.668. The average molecular weight is 175 g/mol. The van der Waals surface area contributed by atoms with Crippen LogP contribution < -0.4 is 5.32 Å². The molecular formula is C9H9N3O. The number of fused-ring (bicyclic) bond motifs is 1. The van der Waals surface area contributed by atoms with Crippen LogP contribution in [0, 0.1) is 0 Å². The number of aliphatic hydroxyl groups is 1. The molecule has 2 aromatic rings. The Labute approximate surface area is 75.3 Å². The molecule has 0 amide bonds. The molecule has 13 heavy (non-hydrogen) atoms. The third kappa shape index (κ3) is 1.57. The first-order valence-corrected chi connectivity index (χ1v) is 3.95. The van der Waals surface area contributed by atoms with Crippen molar-refractivity contribution in [2.45, 2.75) is 0 Å². The third-order valence-corrected chi connectivity index (χ3v) is 1.73. The molecule has 4 heteroatoms. The highest BCUT2D eigenvalue weighted by Crippen LogP contribution is 2.12. The Morgan fingerprint density at radius 1 is 1.31 bits per heavy atom. The molecule has 0 saturated carbocycles. The van der Waals surface area contributed by atoms with Crippen LogP contribution in [0.3, 0.4) is 0 Å². The fraction of sp³-hybridized carbons (Fsp3) is 0.111. The summed E-state index contributed by atoms with van der Waals surface area (Å²) in [6.45, 7) is -0.0972. The molecule has 2 aromatic heterocycles. The van der Waals surface area contributed by atoms with Crippen molar-refractivity contribution < 1.29 is 5.11 Å². The van der Waals surface area contributed by atoms with Crippen molar-refractivity contribution in [1.29, 1.82) is 0 Å². The highest BCUT2D eigenvalue weighted by molar-refractivity contribution is 5.77. The fourth-order valence-electron chi connectivity index (χ4n) is 1.14. The lowest BCUT2D eigenvalue weighted by Gasteiger charge is -2.02. The van der Waals surface area contributed by atoms with Crippen molar-refractivity contribution in [2.75, 3.05) is 12.0 Å². The molecule has 2 rings (SSSR count). The van der Waals surface area contributed by atoms with Crippen molar-refractivity contribution in [2.24, 2.45) is 0 Å². The molecule has 0 spiro atoms. The zero-order valence-electron chi connectivity index (χ0n) is 6.94. The van der Waals surface area contributed by atoms with E-state index in [0.717, 1.165) is 16.7 Å². The highest BCUT2D eigenvalue weighted by Gasteiger charge is 1.96. The van der Waals surface area contributed by atoms with E-state index in [2.05, 4.69) is 15.3 Å².